The Morgan fingerprint density at radius 2 is 1.20 bits per heavy atom. The summed E-state index contributed by atoms with van der Waals surface area (Å²) in [6.07, 6.45) is -0.426. The Labute approximate surface area is 286 Å². The van der Waals surface area contributed by atoms with Crippen LogP contribution >= 0.6 is 165 Å². The second-order valence-corrected chi connectivity index (χ2v) is 27.3. The van der Waals surface area contributed by atoms with Crippen LogP contribution in [0.15, 0.2) is 36.4 Å². The van der Waals surface area contributed by atoms with Crippen molar-refractivity contribution < 1.29 is 22.8 Å². The third-order valence-corrected chi connectivity index (χ3v) is 4.88. The molecule has 0 saturated heterocycles. The van der Waals surface area contributed by atoms with Crippen LogP contribution in [-0.4, -0.2) is 11.7 Å². The van der Waals surface area contributed by atoms with Crippen molar-refractivity contribution in [2.75, 3.05) is 11.1 Å². The molecule has 0 aliphatic carbocycles. The predicted octanol–water partition coefficient (Wildman–Crippen LogP) is 7.27. The Morgan fingerprint density at radius 3 is 1.50 bits per heavy atom. The molecule has 4 nitrogen and oxygen atoms in total. The number of carbonyl (C=O) groups is 1. The van der Waals surface area contributed by atoms with Gasteiger partial charge in [0.05, 0.1) is 0 Å². The maximum absolute atomic E-state index is 11.5. The Bertz CT molecular complexity index is 701. The van der Waals surface area contributed by atoms with E-state index in [9.17, 15) is 4.79 Å². The van der Waals surface area contributed by atoms with Crippen molar-refractivity contribution in [1.29, 1.82) is 0 Å². The molecule has 30 heavy (non-hydrogen) atoms. The molecule has 172 valence electrons. The van der Waals surface area contributed by atoms with E-state index in [1.807, 2.05) is 51.1 Å². The Balaban J connectivity index is 0. The second-order valence-electron chi connectivity index (χ2n) is 6.04. The zero-order valence-corrected chi connectivity index (χ0v) is 35.2. The molecule has 0 heterocycles. The van der Waals surface area contributed by atoms with E-state index in [0.717, 1.165) is 18.5 Å². The molecule has 0 aromatic heterocycles. The van der Waals surface area contributed by atoms with Crippen LogP contribution in [0, 0.1) is 14.3 Å². The van der Waals surface area contributed by atoms with Gasteiger partial charge >= 0.3 is 56.6 Å². The van der Waals surface area contributed by atoms with Gasteiger partial charge < -0.3 is 10.5 Å². The maximum Gasteiger partial charge on any atom is 0.0335 e. The molecular weight excluding hydrogens is 1410 g/mol. The molecular formula is C17H18I9N2O2-. The molecule has 2 aromatic carbocycles. The summed E-state index contributed by atoms with van der Waals surface area (Å²) in [5.74, 6) is 0. The van der Waals surface area contributed by atoms with E-state index in [4.69, 9.17) is 10.5 Å². The van der Waals surface area contributed by atoms with E-state index in [1.165, 1.54) is 7.14 Å². The van der Waals surface area contributed by atoms with Crippen molar-refractivity contribution in [3.8, 4) is 0 Å². The normalized spacial score (nSPS) is 9.70. The zero-order valence-electron chi connectivity index (χ0n) is 15.8. The number of ether oxygens (including phenoxy) is 1. The molecule has 0 atom stereocenters. The van der Waals surface area contributed by atoms with Crippen molar-refractivity contribution in [3.05, 3.63) is 50.7 Å². The first-order chi connectivity index (χ1) is 13.9. The van der Waals surface area contributed by atoms with Gasteiger partial charge in [0.25, 0.3) is 0 Å². The predicted molar refractivity (Wildman–Crippen MR) is 194 cm³/mol. The number of amides is 1. The molecule has 0 spiro atoms. The molecule has 2 aromatic rings. The fourth-order valence-electron chi connectivity index (χ4n) is 1.62. The van der Waals surface area contributed by atoms with E-state index in [2.05, 4.69) is 176 Å². The van der Waals surface area contributed by atoms with Crippen molar-refractivity contribution >= 4 is 182 Å². The topological polar surface area (TPSA) is 64.3 Å². The minimum atomic E-state index is -0.473. The van der Waals surface area contributed by atoms with Crippen LogP contribution in [0.25, 0.3) is 0 Å². The monoisotopic (exact) mass is 1420 g/mol. The summed E-state index contributed by atoms with van der Waals surface area (Å²) in [4.78, 5) is 11.5. The first kappa shape index (κ1) is 36.2. The van der Waals surface area contributed by atoms with E-state index >= 15 is 0 Å². The van der Waals surface area contributed by atoms with Crippen molar-refractivity contribution in [3.63, 3.8) is 0 Å². The average Bonchev–Trinajstić information content (AvgIpc) is 2.53. The molecule has 13 heteroatoms. The Hall–Kier alpha value is 4.08. The molecule has 0 unspecified atom stereocenters. The molecule has 3 N–H and O–H groups in total. The first-order valence-corrected chi connectivity index (χ1v) is 30.7. The summed E-state index contributed by atoms with van der Waals surface area (Å²) >= 11 is 18.5. The third-order valence-electron chi connectivity index (χ3n) is 2.39. The second kappa shape index (κ2) is 21.2. The minimum absolute atomic E-state index is 0.426. The number of nitrogens with one attached hydrogen (secondary N) is 1. The average molecular weight is 1420 g/mol. The van der Waals surface area contributed by atoms with Gasteiger partial charge in [0, 0.05) is 62.9 Å². The smallest absolute Gasteiger partial charge is 0.0335 e. The number of carbonyl (C=O) groups excluding carboxylic acids is 1. The van der Waals surface area contributed by atoms with E-state index in [1.54, 1.807) is 0 Å². The minimum Gasteiger partial charge on any atom is -0.399 e. The SMILES string of the molecule is CC(C)(C)OC(=O)Nc1cc(I)cc(I)c1.II.I[I-]I.Nc1cc(I)cc(I)c1. The molecule has 0 aliphatic rings. The summed E-state index contributed by atoms with van der Waals surface area (Å²) < 4.78 is 9.71. The van der Waals surface area contributed by atoms with Crippen LogP contribution in [-0.2, 0) is 4.74 Å². The van der Waals surface area contributed by atoms with E-state index in [-0.39, 0.29) is 0 Å². The summed E-state index contributed by atoms with van der Waals surface area (Å²) in [5.41, 5.74) is 6.67. The van der Waals surface area contributed by atoms with Gasteiger partial charge in [-0.15, -0.1) is 0 Å². The van der Waals surface area contributed by atoms with Gasteiger partial charge in [-0.05, 0) is 148 Å². The third kappa shape index (κ3) is 22.5. The Morgan fingerprint density at radius 1 is 0.867 bits per heavy atom. The number of nitrogen functional groups attached to an aromatic ring is 1. The van der Waals surface area contributed by atoms with Crippen LogP contribution in [0.4, 0.5) is 16.2 Å². The fourth-order valence-corrected chi connectivity index (χ4v) is 5.55. The van der Waals surface area contributed by atoms with Crippen LogP contribution in [0.3, 0.4) is 0 Å². The van der Waals surface area contributed by atoms with Gasteiger partial charge in [0.15, 0.2) is 0 Å². The zero-order chi connectivity index (χ0) is 23.9. The van der Waals surface area contributed by atoms with E-state index < -0.39 is 11.7 Å². The molecule has 1 amide bonds. The number of nitrogens with two attached hydrogens (primary N) is 1. The van der Waals surface area contributed by atoms with Crippen LogP contribution in [0.1, 0.15) is 20.8 Å². The van der Waals surface area contributed by atoms with Crippen molar-refractivity contribution in [2.24, 2.45) is 0 Å². The quantitative estimate of drug-likeness (QED) is 0.234. The van der Waals surface area contributed by atoms with Gasteiger partial charge in [-0.25, -0.2) is 4.79 Å². The molecule has 0 fully saturated rings. The fraction of sp³-hybridized carbons (Fsp3) is 0.235. The largest absolute Gasteiger partial charge is 0.399 e. The van der Waals surface area contributed by atoms with Gasteiger partial charge in [-0.1, -0.05) is 0 Å². The van der Waals surface area contributed by atoms with Gasteiger partial charge in [-0.2, -0.15) is 0 Å². The van der Waals surface area contributed by atoms with Crippen LogP contribution in [0.5, 0.6) is 0 Å². The van der Waals surface area contributed by atoms with E-state index in [0.29, 0.717) is 13.3 Å². The number of hydrogen-bond acceptors (Lipinski definition) is 3. The Kier molecular flexibility index (Phi) is 25.6. The number of benzene rings is 2. The van der Waals surface area contributed by atoms with Crippen LogP contribution in [0.2, 0.25) is 0 Å². The number of hydrogen-bond donors (Lipinski definition) is 2. The first-order valence-electron chi connectivity index (χ1n) is 7.55. The molecule has 0 bridgehead atoms. The molecule has 0 radical (unpaired) electrons. The number of anilines is 2. The molecule has 0 aliphatic heterocycles. The van der Waals surface area contributed by atoms with Gasteiger partial charge in [0.2, 0.25) is 0 Å². The van der Waals surface area contributed by atoms with Crippen molar-refractivity contribution in [1.82, 2.24) is 0 Å². The van der Waals surface area contributed by atoms with Gasteiger partial charge in [-0.3, -0.25) is 5.32 Å². The molecule has 2 rings (SSSR count). The summed E-state index contributed by atoms with van der Waals surface area (Å²) in [6.45, 7) is 5.52. The van der Waals surface area contributed by atoms with Crippen LogP contribution < -0.4 is 24.3 Å². The molecule has 0 saturated carbocycles. The van der Waals surface area contributed by atoms with Gasteiger partial charge in [0.1, 0.15) is 5.60 Å². The summed E-state index contributed by atoms with van der Waals surface area (Å²) in [7, 11) is 0. The maximum atomic E-state index is 11.5. The number of rotatable bonds is 1. The summed E-state index contributed by atoms with van der Waals surface area (Å²) in [6, 6.07) is 11.8. The summed E-state index contributed by atoms with van der Waals surface area (Å²) in [5, 5.41) is 2.71. The standard InChI is InChI=1S/C11H13I2NO2.C6H5I2N.I3.I2/c1-11(2,3)16-10(15)14-9-5-7(12)4-8(13)6-9;7-4-1-5(8)3-6(9)2-4;1-3-2;1-2/h4-6H,1-3H3,(H,14,15);1-3H,9H2;;/q;;-1;. The van der Waals surface area contributed by atoms with Crippen molar-refractivity contribution in [2.45, 2.75) is 26.4 Å². The number of halogens is 9.